The highest BCUT2D eigenvalue weighted by Gasteiger charge is 2.33. The Morgan fingerprint density at radius 2 is 2.12 bits per heavy atom. The monoisotopic (exact) mass is 337 g/mol. The summed E-state index contributed by atoms with van der Waals surface area (Å²) in [7, 11) is 1.21. The zero-order chi connectivity index (χ0) is 17.7. The molecule has 0 aliphatic heterocycles. The van der Waals surface area contributed by atoms with Gasteiger partial charge in [0, 0.05) is 18.0 Å². The maximum absolute atomic E-state index is 14.1. The molecule has 0 saturated heterocycles. The smallest absolute Gasteiger partial charge is 0.310 e. The highest BCUT2D eigenvalue weighted by atomic mass is 19.3. The standard InChI is InChI=1S/C16H17F2N3O3/c1-11-6-8-21(15(23)12(11)9-14(22)24-2)20-10-16(17,18)13-5-3-4-7-19-13/h3-8,20H,9-10H2,1-2H3. The molecule has 0 aromatic carbocycles. The first-order valence-electron chi connectivity index (χ1n) is 7.16. The molecular formula is C16H17F2N3O3. The largest absolute Gasteiger partial charge is 0.469 e. The molecule has 0 fully saturated rings. The van der Waals surface area contributed by atoms with Crippen molar-refractivity contribution in [2.45, 2.75) is 19.3 Å². The van der Waals surface area contributed by atoms with E-state index in [0.717, 1.165) is 4.68 Å². The number of halogens is 2. The minimum absolute atomic E-state index is 0.193. The normalized spacial score (nSPS) is 11.2. The van der Waals surface area contributed by atoms with E-state index in [1.54, 1.807) is 13.0 Å². The number of hydrogen-bond acceptors (Lipinski definition) is 5. The van der Waals surface area contributed by atoms with Crippen LogP contribution in [0.3, 0.4) is 0 Å². The molecule has 0 saturated carbocycles. The molecule has 6 nitrogen and oxygen atoms in total. The molecule has 0 bridgehead atoms. The number of carbonyl (C=O) groups is 1. The van der Waals surface area contributed by atoms with Crippen molar-refractivity contribution in [3.05, 3.63) is 63.8 Å². The van der Waals surface area contributed by atoms with E-state index in [-0.39, 0.29) is 12.0 Å². The van der Waals surface area contributed by atoms with E-state index in [0.29, 0.717) is 5.56 Å². The summed E-state index contributed by atoms with van der Waals surface area (Å²) < 4.78 is 33.7. The number of alkyl halides is 2. The average molecular weight is 337 g/mol. The first kappa shape index (κ1) is 17.6. The third-order valence-electron chi connectivity index (χ3n) is 3.49. The van der Waals surface area contributed by atoms with Gasteiger partial charge < -0.3 is 10.2 Å². The number of aryl methyl sites for hydroxylation is 1. The van der Waals surface area contributed by atoms with Crippen LogP contribution in [0.4, 0.5) is 8.78 Å². The fraction of sp³-hybridized carbons (Fsp3) is 0.312. The lowest BCUT2D eigenvalue weighted by Gasteiger charge is -2.18. The van der Waals surface area contributed by atoms with Crippen molar-refractivity contribution in [1.29, 1.82) is 0 Å². The van der Waals surface area contributed by atoms with Crippen LogP contribution in [0.5, 0.6) is 0 Å². The Morgan fingerprint density at radius 3 is 2.75 bits per heavy atom. The summed E-state index contributed by atoms with van der Waals surface area (Å²) in [5, 5.41) is 0. The van der Waals surface area contributed by atoms with E-state index >= 15 is 0 Å². The van der Waals surface area contributed by atoms with Crippen molar-refractivity contribution >= 4 is 5.97 Å². The molecule has 2 aromatic heterocycles. The van der Waals surface area contributed by atoms with Gasteiger partial charge in [-0.2, -0.15) is 8.78 Å². The highest BCUT2D eigenvalue weighted by Crippen LogP contribution is 2.24. The summed E-state index contributed by atoms with van der Waals surface area (Å²) >= 11 is 0. The summed E-state index contributed by atoms with van der Waals surface area (Å²) in [5.41, 5.74) is 2.18. The molecule has 2 aromatic rings. The second-order valence-electron chi connectivity index (χ2n) is 5.16. The molecule has 0 atom stereocenters. The van der Waals surface area contributed by atoms with Crippen LogP contribution in [0.2, 0.25) is 0 Å². The zero-order valence-corrected chi connectivity index (χ0v) is 13.3. The van der Waals surface area contributed by atoms with Crippen molar-refractivity contribution in [2.24, 2.45) is 0 Å². The quantitative estimate of drug-likeness (QED) is 0.811. The highest BCUT2D eigenvalue weighted by molar-refractivity contribution is 5.72. The predicted molar refractivity (Wildman–Crippen MR) is 83.5 cm³/mol. The number of carbonyl (C=O) groups excluding carboxylic acids is 1. The topological polar surface area (TPSA) is 73.2 Å². The van der Waals surface area contributed by atoms with E-state index in [9.17, 15) is 18.4 Å². The number of pyridine rings is 2. The maximum atomic E-state index is 14.1. The molecule has 0 amide bonds. The number of esters is 1. The lowest BCUT2D eigenvalue weighted by atomic mass is 10.1. The zero-order valence-electron chi connectivity index (χ0n) is 13.3. The molecule has 0 unspecified atom stereocenters. The molecule has 24 heavy (non-hydrogen) atoms. The first-order chi connectivity index (χ1) is 11.3. The van der Waals surface area contributed by atoms with Crippen molar-refractivity contribution in [1.82, 2.24) is 9.66 Å². The molecule has 2 rings (SSSR count). The Balaban J connectivity index is 2.20. The number of aromatic nitrogens is 2. The van der Waals surface area contributed by atoms with Gasteiger partial charge in [0.05, 0.1) is 13.5 Å². The van der Waals surface area contributed by atoms with Crippen LogP contribution in [0, 0.1) is 6.92 Å². The number of nitrogens with one attached hydrogen (secondary N) is 1. The van der Waals surface area contributed by atoms with E-state index in [1.807, 2.05) is 0 Å². The van der Waals surface area contributed by atoms with Crippen LogP contribution in [0.1, 0.15) is 16.8 Å². The van der Waals surface area contributed by atoms with Gasteiger partial charge in [0.25, 0.3) is 5.56 Å². The third-order valence-corrected chi connectivity index (χ3v) is 3.49. The van der Waals surface area contributed by atoms with Crippen LogP contribution in [-0.4, -0.2) is 29.3 Å². The van der Waals surface area contributed by atoms with Crippen molar-refractivity contribution in [3.8, 4) is 0 Å². The number of rotatable bonds is 6. The van der Waals surface area contributed by atoms with Gasteiger partial charge in [-0.05, 0) is 30.7 Å². The molecule has 0 radical (unpaired) electrons. The molecule has 1 N–H and O–H groups in total. The summed E-state index contributed by atoms with van der Waals surface area (Å²) in [5.74, 6) is -3.83. The number of methoxy groups -OCH3 is 1. The lowest BCUT2D eigenvalue weighted by molar-refractivity contribution is -0.139. The van der Waals surface area contributed by atoms with E-state index in [2.05, 4.69) is 15.1 Å². The number of hydrogen-bond donors (Lipinski definition) is 1. The number of nitrogens with zero attached hydrogens (tertiary/aromatic N) is 2. The molecule has 128 valence electrons. The van der Waals surface area contributed by atoms with Gasteiger partial charge in [0.15, 0.2) is 0 Å². The molecule has 0 aliphatic carbocycles. The van der Waals surface area contributed by atoms with Gasteiger partial charge in [0.2, 0.25) is 0 Å². The molecular weight excluding hydrogens is 320 g/mol. The SMILES string of the molecule is COC(=O)Cc1c(C)ccn(NCC(F)(F)c2ccccn2)c1=O. The predicted octanol–water partition coefficient (Wildman–Crippen LogP) is 1.60. The Bertz CT molecular complexity index is 776. The van der Waals surface area contributed by atoms with E-state index in [4.69, 9.17) is 0 Å². The van der Waals surface area contributed by atoms with Crippen molar-refractivity contribution in [3.63, 3.8) is 0 Å². The van der Waals surface area contributed by atoms with Crippen LogP contribution < -0.4 is 11.0 Å². The Morgan fingerprint density at radius 1 is 1.38 bits per heavy atom. The second-order valence-corrected chi connectivity index (χ2v) is 5.16. The minimum Gasteiger partial charge on any atom is -0.469 e. The van der Waals surface area contributed by atoms with Crippen molar-refractivity contribution in [2.75, 3.05) is 19.1 Å². The maximum Gasteiger partial charge on any atom is 0.310 e. The molecule has 0 spiro atoms. The van der Waals surface area contributed by atoms with Crippen molar-refractivity contribution < 1.29 is 18.3 Å². The van der Waals surface area contributed by atoms with Gasteiger partial charge in [-0.15, -0.1) is 0 Å². The first-order valence-corrected chi connectivity index (χ1v) is 7.16. The van der Waals surface area contributed by atoms with Gasteiger partial charge in [0.1, 0.15) is 12.2 Å². The van der Waals surface area contributed by atoms with E-state index in [1.165, 1.54) is 37.7 Å². The summed E-state index contributed by atoms with van der Waals surface area (Å²) in [6.45, 7) is 0.844. The summed E-state index contributed by atoms with van der Waals surface area (Å²) in [6.07, 6.45) is 2.39. The molecule has 2 heterocycles. The fourth-order valence-corrected chi connectivity index (χ4v) is 2.08. The second kappa shape index (κ2) is 7.20. The van der Waals surface area contributed by atoms with Gasteiger partial charge in [-0.1, -0.05) is 6.07 Å². The van der Waals surface area contributed by atoms with Gasteiger partial charge >= 0.3 is 11.9 Å². The summed E-state index contributed by atoms with van der Waals surface area (Å²) in [6, 6.07) is 5.77. The van der Waals surface area contributed by atoms with Gasteiger partial charge in [-0.3, -0.25) is 14.6 Å². The number of ether oxygens (including phenoxy) is 1. The van der Waals surface area contributed by atoms with Crippen LogP contribution >= 0.6 is 0 Å². The van der Waals surface area contributed by atoms with Crippen LogP contribution in [-0.2, 0) is 21.9 Å². The fourth-order valence-electron chi connectivity index (χ4n) is 2.08. The van der Waals surface area contributed by atoms with Gasteiger partial charge in [-0.25, -0.2) is 4.68 Å². The summed E-state index contributed by atoms with van der Waals surface area (Å²) in [4.78, 5) is 27.3. The molecule has 8 heteroatoms. The lowest BCUT2D eigenvalue weighted by Crippen LogP contribution is -2.37. The van der Waals surface area contributed by atoms with Crippen LogP contribution in [0.15, 0.2) is 41.5 Å². The Hall–Kier alpha value is -2.77. The Kier molecular flexibility index (Phi) is 5.28. The van der Waals surface area contributed by atoms with Crippen LogP contribution in [0.25, 0.3) is 0 Å². The molecule has 0 aliphatic rings. The van der Waals surface area contributed by atoms with E-state index < -0.39 is 29.7 Å². The minimum atomic E-state index is -3.26. The third kappa shape index (κ3) is 3.95. The average Bonchev–Trinajstić information content (AvgIpc) is 2.58. The Labute approximate surface area is 137 Å².